The molecular weight excluding hydrogens is 210 g/mol. The number of amides is 1. The van der Waals surface area contributed by atoms with Crippen molar-refractivity contribution >= 4 is 5.91 Å². The van der Waals surface area contributed by atoms with Crippen LogP contribution in [-0.2, 0) is 11.2 Å². The first kappa shape index (κ1) is 13.8. The molecule has 0 saturated heterocycles. The Morgan fingerprint density at radius 1 is 1.18 bits per heavy atom. The molecule has 2 heteroatoms. The van der Waals surface area contributed by atoms with Gasteiger partial charge in [-0.2, -0.15) is 0 Å². The second kappa shape index (κ2) is 7.10. The highest BCUT2D eigenvalue weighted by molar-refractivity contribution is 5.78. The fourth-order valence-corrected chi connectivity index (χ4v) is 1.80. The number of likely N-dealkylation sites (N-methyl/N-ethyl adjacent to an activating group) is 1. The first-order valence-electron chi connectivity index (χ1n) is 6.50. The summed E-state index contributed by atoms with van der Waals surface area (Å²) in [6.45, 7) is 7.95. The molecule has 0 N–H and O–H groups in total. The maximum Gasteiger partial charge on any atom is 0.226 e. The maximum absolute atomic E-state index is 12.1. The van der Waals surface area contributed by atoms with Gasteiger partial charge in [0.15, 0.2) is 0 Å². The zero-order chi connectivity index (χ0) is 12.7. The number of rotatable bonds is 6. The number of carbonyl (C=O) groups is 1. The molecule has 1 aromatic rings. The van der Waals surface area contributed by atoms with E-state index in [9.17, 15) is 4.79 Å². The fraction of sp³-hybridized carbons (Fsp3) is 0.533. The highest BCUT2D eigenvalue weighted by Gasteiger charge is 2.11. The van der Waals surface area contributed by atoms with Crippen LogP contribution in [0.4, 0.5) is 0 Å². The molecule has 0 spiro atoms. The average molecular weight is 233 g/mol. The molecule has 0 aliphatic heterocycles. The number of unbranched alkanes of at least 4 members (excludes halogenated alkanes) is 1. The minimum absolute atomic E-state index is 0.241. The number of nitrogens with zero attached hydrogens (tertiary/aromatic N) is 1. The number of hydrogen-bond acceptors (Lipinski definition) is 1. The lowest BCUT2D eigenvalue weighted by molar-refractivity contribution is -0.130. The number of hydrogen-bond donors (Lipinski definition) is 0. The predicted molar refractivity (Wildman–Crippen MR) is 72.0 cm³/mol. The molecule has 17 heavy (non-hydrogen) atoms. The molecule has 94 valence electrons. The van der Waals surface area contributed by atoms with Gasteiger partial charge in [-0.15, -0.1) is 0 Å². The number of aryl methyl sites for hydroxylation is 1. The van der Waals surface area contributed by atoms with E-state index in [0.29, 0.717) is 6.42 Å². The van der Waals surface area contributed by atoms with Gasteiger partial charge >= 0.3 is 0 Å². The molecule has 0 saturated carbocycles. The summed E-state index contributed by atoms with van der Waals surface area (Å²) in [5.41, 5.74) is 2.34. The standard InChI is InChI=1S/C15H23NO/c1-4-6-11-16(5-2)15(17)12-14-9-7-13(3)8-10-14/h7-10H,4-6,11-12H2,1-3H3. The van der Waals surface area contributed by atoms with E-state index in [1.54, 1.807) is 0 Å². The first-order chi connectivity index (χ1) is 8.17. The molecular formula is C15H23NO. The summed E-state index contributed by atoms with van der Waals surface area (Å²) in [4.78, 5) is 14.0. The monoisotopic (exact) mass is 233 g/mol. The van der Waals surface area contributed by atoms with Gasteiger partial charge in [0.1, 0.15) is 0 Å². The largest absolute Gasteiger partial charge is 0.343 e. The van der Waals surface area contributed by atoms with Gasteiger partial charge in [-0.1, -0.05) is 43.2 Å². The molecule has 0 bridgehead atoms. The minimum Gasteiger partial charge on any atom is -0.343 e. The number of benzene rings is 1. The van der Waals surface area contributed by atoms with Crippen molar-refractivity contribution in [3.8, 4) is 0 Å². The van der Waals surface area contributed by atoms with Crippen LogP contribution in [-0.4, -0.2) is 23.9 Å². The van der Waals surface area contributed by atoms with Crippen LogP contribution in [0.2, 0.25) is 0 Å². The van der Waals surface area contributed by atoms with E-state index in [1.165, 1.54) is 5.56 Å². The van der Waals surface area contributed by atoms with Crippen LogP contribution >= 0.6 is 0 Å². The SMILES string of the molecule is CCCCN(CC)C(=O)Cc1ccc(C)cc1. The van der Waals surface area contributed by atoms with Crippen LogP contribution in [0, 0.1) is 6.92 Å². The van der Waals surface area contributed by atoms with E-state index in [-0.39, 0.29) is 5.91 Å². The zero-order valence-electron chi connectivity index (χ0n) is 11.2. The Morgan fingerprint density at radius 3 is 2.35 bits per heavy atom. The third-order valence-corrected chi connectivity index (χ3v) is 2.99. The Hall–Kier alpha value is -1.31. The van der Waals surface area contributed by atoms with Gasteiger partial charge < -0.3 is 4.90 Å². The Balaban J connectivity index is 2.54. The van der Waals surface area contributed by atoms with E-state index < -0.39 is 0 Å². The van der Waals surface area contributed by atoms with Gasteiger partial charge in [-0.3, -0.25) is 4.79 Å². The lowest BCUT2D eigenvalue weighted by atomic mass is 10.1. The van der Waals surface area contributed by atoms with Gasteiger partial charge in [0.2, 0.25) is 5.91 Å². The van der Waals surface area contributed by atoms with Gasteiger partial charge in [0, 0.05) is 13.1 Å². The topological polar surface area (TPSA) is 20.3 Å². The summed E-state index contributed by atoms with van der Waals surface area (Å²) in [5.74, 6) is 0.241. The molecule has 0 aliphatic carbocycles. The first-order valence-corrected chi connectivity index (χ1v) is 6.50. The summed E-state index contributed by atoms with van der Waals surface area (Å²) >= 11 is 0. The Bertz CT molecular complexity index is 342. The molecule has 1 aromatic carbocycles. The van der Waals surface area contributed by atoms with Gasteiger partial charge in [0.25, 0.3) is 0 Å². The Labute approximate surface area is 105 Å². The predicted octanol–water partition coefficient (Wildman–Crippen LogP) is 3.19. The highest BCUT2D eigenvalue weighted by atomic mass is 16.2. The van der Waals surface area contributed by atoms with Crippen molar-refractivity contribution in [1.82, 2.24) is 4.90 Å². The average Bonchev–Trinajstić information content (AvgIpc) is 2.33. The Morgan fingerprint density at radius 2 is 1.82 bits per heavy atom. The van der Waals surface area contributed by atoms with Crippen molar-refractivity contribution in [2.45, 2.75) is 40.0 Å². The molecule has 0 heterocycles. The van der Waals surface area contributed by atoms with Crippen molar-refractivity contribution in [1.29, 1.82) is 0 Å². The molecule has 0 fully saturated rings. The van der Waals surface area contributed by atoms with Crippen LogP contribution in [0.3, 0.4) is 0 Å². The van der Waals surface area contributed by atoms with E-state index in [0.717, 1.165) is 31.5 Å². The third kappa shape index (κ3) is 4.59. The molecule has 0 aromatic heterocycles. The summed E-state index contributed by atoms with van der Waals surface area (Å²) in [6, 6.07) is 8.21. The van der Waals surface area contributed by atoms with E-state index >= 15 is 0 Å². The van der Waals surface area contributed by atoms with Gasteiger partial charge in [-0.05, 0) is 25.8 Å². The van der Waals surface area contributed by atoms with Crippen molar-refractivity contribution < 1.29 is 4.79 Å². The van der Waals surface area contributed by atoms with E-state index in [2.05, 4.69) is 26.0 Å². The Kier molecular flexibility index (Phi) is 5.75. The van der Waals surface area contributed by atoms with Crippen molar-refractivity contribution in [3.05, 3.63) is 35.4 Å². The van der Waals surface area contributed by atoms with Crippen LogP contribution in [0.25, 0.3) is 0 Å². The second-order valence-corrected chi connectivity index (χ2v) is 4.49. The maximum atomic E-state index is 12.1. The normalized spacial score (nSPS) is 10.3. The lowest BCUT2D eigenvalue weighted by Crippen LogP contribution is -2.32. The quantitative estimate of drug-likeness (QED) is 0.739. The molecule has 1 rings (SSSR count). The summed E-state index contributed by atoms with van der Waals surface area (Å²) in [6.07, 6.45) is 2.75. The second-order valence-electron chi connectivity index (χ2n) is 4.49. The molecule has 0 atom stereocenters. The van der Waals surface area contributed by atoms with Gasteiger partial charge in [-0.25, -0.2) is 0 Å². The van der Waals surface area contributed by atoms with E-state index in [4.69, 9.17) is 0 Å². The fourth-order valence-electron chi connectivity index (χ4n) is 1.80. The van der Waals surface area contributed by atoms with Crippen molar-refractivity contribution in [2.24, 2.45) is 0 Å². The molecule has 0 aliphatic rings. The molecule has 0 radical (unpaired) electrons. The zero-order valence-corrected chi connectivity index (χ0v) is 11.2. The molecule has 2 nitrogen and oxygen atoms in total. The van der Waals surface area contributed by atoms with Crippen LogP contribution in [0.5, 0.6) is 0 Å². The van der Waals surface area contributed by atoms with Gasteiger partial charge in [0.05, 0.1) is 6.42 Å². The van der Waals surface area contributed by atoms with Crippen molar-refractivity contribution in [2.75, 3.05) is 13.1 Å². The minimum atomic E-state index is 0.241. The highest BCUT2D eigenvalue weighted by Crippen LogP contribution is 2.06. The summed E-state index contributed by atoms with van der Waals surface area (Å²) in [7, 11) is 0. The van der Waals surface area contributed by atoms with Crippen LogP contribution in [0.15, 0.2) is 24.3 Å². The molecule has 1 amide bonds. The summed E-state index contributed by atoms with van der Waals surface area (Å²) < 4.78 is 0. The summed E-state index contributed by atoms with van der Waals surface area (Å²) in [5, 5.41) is 0. The lowest BCUT2D eigenvalue weighted by Gasteiger charge is -2.20. The van der Waals surface area contributed by atoms with E-state index in [1.807, 2.05) is 24.0 Å². The van der Waals surface area contributed by atoms with Crippen LogP contribution in [0.1, 0.15) is 37.8 Å². The third-order valence-electron chi connectivity index (χ3n) is 2.99. The van der Waals surface area contributed by atoms with Crippen molar-refractivity contribution in [3.63, 3.8) is 0 Å². The van der Waals surface area contributed by atoms with Crippen LogP contribution < -0.4 is 0 Å². The molecule has 0 unspecified atom stereocenters. The smallest absolute Gasteiger partial charge is 0.226 e. The number of carbonyl (C=O) groups excluding carboxylic acids is 1.